The molecule has 0 atom stereocenters. The van der Waals surface area contributed by atoms with Crippen molar-refractivity contribution in [2.45, 2.75) is 152 Å². The molecule has 0 aliphatic heterocycles. The molecule has 0 bridgehead atoms. The van der Waals surface area contributed by atoms with Gasteiger partial charge in [-0.2, -0.15) is 0 Å². The summed E-state index contributed by atoms with van der Waals surface area (Å²) < 4.78 is 0. The molecular formula is C23H54. The molecule has 2 aliphatic rings. The van der Waals surface area contributed by atoms with Gasteiger partial charge < -0.3 is 0 Å². The van der Waals surface area contributed by atoms with Gasteiger partial charge in [0.15, 0.2) is 0 Å². The van der Waals surface area contributed by atoms with E-state index in [-0.39, 0.29) is 0 Å². The first-order chi connectivity index (χ1) is 11.2. The summed E-state index contributed by atoms with van der Waals surface area (Å²) in [4.78, 5) is 0. The Kier molecular flexibility index (Phi) is 57.8. The molecule has 0 unspecified atom stereocenters. The molecule has 0 saturated heterocycles. The van der Waals surface area contributed by atoms with Gasteiger partial charge in [-0.05, 0) is 0 Å². The molecule has 0 heteroatoms. The highest BCUT2D eigenvalue weighted by Gasteiger charge is 1.95. The van der Waals surface area contributed by atoms with Crippen molar-refractivity contribution in [3.8, 4) is 0 Å². The molecule has 0 amide bonds. The fourth-order valence-electron chi connectivity index (χ4n) is 1.94. The van der Waals surface area contributed by atoms with Gasteiger partial charge in [0.25, 0.3) is 0 Å². The first-order valence-electron chi connectivity index (χ1n) is 11.2. The zero-order valence-corrected chi connectivity index (χ0v) is 18.6. The Morgan fingerprint density at radius 3 is 0.348 bits per heavy atom. The van der Waals surface area contributed by atoms with E-state index in [1.807, 2.05) is 0 Å². The van der Waals surface area contributed by atoms with E-state index < -0.39 is 0 Å². The van der Waals surface area contributed by atoms with Gasteiger partial charge in [-0.15, -0.1) is 0 Å². The summed E-state index contributed by atoms with van der Waals surface area (Å²) in [5.74, 6) is 0. The lowest BCUT2D eigenvalue weighted by Crippen LogP contribution is -1.85. The minimum Gasteiger partial charge on any atom is -0.0656 e. The van der Waals surface area contributed by atoms with E-state index in [0.29, 0.717) is 0 Å². The molecule has 2 rings (SSSR count). The van der Waals surface area contributed by atoms with E-state index in [2.05, 4.69) is 55.4 Å². The fourth-order valence-corrected chi connectivity index (χ4v) is 1.94. The van der Waals surface area contributed by atoms with E-state index >= 15 is 0 Å². The van der Waals surface area contributed by atoms with E-state index in [0.717, 1.165) is 0 Å². The van der Waals surface area contributed by atoms with Gasteiger partial charge >= 0.3 is 0 Å². The van der Waals surface area contributed by atoms with Gasteiger partial charge in [-0.3, -0.25) is 0 Å². The van der Waals surface area contributed by atoms with Crippen molar-refractivity contribution < 1.29 is 0 Å². The molecule has 2 aliphatic carbocycles. The molecular weight excluding hydrogens is 276 g/mol. The fraction of sp³-hybridized carbons (Fsp3) is 1.00. The van der Waals surface area contributed by atoms with Crippen LogP contribution in [0.2, 0.25) is 0 Å². The van der Waals surface area contributed by atoms with Crippen molar-refractivity contribution in [2.75, 3.05) is 0 Å². The van der Waals surface area contributed by atoms with Gasteiger partial charge in [-0.1, -0.05) is 152 Å². The van der Waals surface area contributed by atoms with Crippen LogP contribution in [-0.4, -0.2) is 0 Å². The second-order valence-corrected chi connectivity index (χ2v) is 6.72. The average Bonchev–Trinajstić information content (AvgIpc) is 3.12. The Labute approximate surface area is 152 Å². The van der Waals surface area contributed by atoms with Crippen molar-refractivity contribution in [1.29, 1.82) is 0 Å². The van der Waals surface area contributed by atoms with Crippen LogP contribution < -0.4 is 0 Å². The second kappa shape index (κ2) is 43.1. The zero-order chi connectivity index (χ0) is 18.6. The van der Waals surface area contributed by atoms with Crippen LogP contribution in [0, 0.1) is 0 Å². The van der Waals surface area contributed by atoms with Gasteiger partial charge in [-0.25, -0.2) is 0 Å². The third kappa shape index (κ3) is 72.7. The van der Waals surface area contributed by atoms with Crippen molar-refractivity contribution in [3.05, 3.63) is 0 Å². The van der Waals surface area contributed by atoms with Crippen LogP contribution >= 0.6 is 0 Å². The van der Waals surface area contributed by atoms with Crippen LogP contribution in [0.4, 0.5) is 0 Å². The summed E-state index contributed by atoms with van der Waals surface area (Å²) in [6.07, 6.45) is 21.5. The number of hydrogen-bond acceptors (Lipinski definition) is 0. The predicted molar refractivity (Wildman–Crippen MR) is 115 cm³/mol. The van der Waals surface area contributed by atoms with Crippen molar-refractivity contribution in [3.63, 3.8) is 0 Å². The van der Waals surface area contributed by atoms with Crippen LogP contribution in [0.5, 0.6) is 0 Å². The SMILES string of the molecule is C1CCCC1.C1CCCCC1.CCC.CCC.CCC.CCC. The average molecular weight is 331 g/mol. The third-order valence-corrected chi connectivity index (χ3v) is 2.75. The van der Waals surface area contributed by atoms with Crippen molar-refractivity contribution >= 4 is 0 Å². The van der Waals surface area contributed by atoms with Crippen molar-refractivity contribution in [2.24, 2.45) is 0 Å². The Balaban J connectivity index is -0.0000000979. The summed E-state index contributed by atoms with van der Waals surface area (Å²) in [5.41, 5.74) is 0. The minimum absolute atomic E-state index is 1.25. The molecule has 2 saturated carbocycles. The quantitative estimate of drug-likeness (QED) is 0.414. The first kappa shape index (κ1) is 30.8. The lowest BCUT2D eigenvalue weighted by atomic mass is 10.0. The normalized spacial score (nSPS) is 14.6. The van der Waals surface area contributed by atoms with Gasteiger partial charge in [0.05, 0.1) is 0 Å². The van der Waals surface area contributed by atoms with Gasteiger partial charge in [0, 0.05) is 0 Å². The van der Waals surface area contributed by atoms with Gasteiger partial charge in [0.1, 0.15) is 0 Å². The van der Waals surface area contributed by atoms with Crippen LogP contribution in [0.1, 0.15) is 152 Å². The molecule has 23 heavy (non-hydrogen) atoms. The monoisotopic (exact) mass is 330 g/mol. The van der Waals surface area contributed by atoms with Crippen molar-refractivity contribution in [1.82, 2.24) is 0 Å². The number of rotatable bonds is 0. The van der Waals surface area contributed by atoms with Crippen LogP contribution in [-0.2, 0) is 0 Å². The molecule has 2 fully saturated rings. The van der Waals surface area contributed by atoms with E-state index in [1.165, 1.54) is 96.3 Å². The Bertz CT molecular complexity index is 82.1. The molecule has 0 aromatic heterocycles. The maximum Gasteiger partial charge on any atom is -0.0533 e. The summed E-state index contributed by atoms with van der Waals surface area (Å²) in [5, 5.41) is 0. The second-order valence-electron chi connectivity index (χ2n) is 6.72. The Morgan fingerprint density at radius 1 is 0.261 bits per heavy atom. The predicted octanol–water partition coefficient (Wildman–Crippen LogP) is 9.96. The Hall–Kier alpha value is 0. The topological polar surface area (TPSA) is 0 Å². The molecule has 0 aromatic rings. The molecule has 146 valence electrons. The van der Waals surface area contributed by atoms with E-state index in [4.69, 9.17) is 0 Å². The first-order valence-corrected chi connectivity index (χ1v) is 11.2. The maximum absolute atomic E-state index is 2.12. The smallest absolute Gasteiger partial charge is 0.0533 e. The molecule has 0 nitrogen and oxygen atoms in total. The standard InChI is InChI=1S/C6H12.C5H10.4C3H8/c1-2-4-6-5-3-1;1-2-4-5-3-1;4*1-3-2/h1-6H2;1-5H2;4*3H2,1-2H3. The largest absolute Gasteiger partial charge is 0.0656 e. The third-order valence-electron chi connectivity index (χ3n) is 2.75. The summed E-state index contributed by atoms with van der Waals surface area (Å²) in [7, 11) is 0. The van der Waals surface area contributed by atoms with Crippen LogP contribution in [0.15, 0.2) is 0 Å². The number of hydrogen-bond donors (Lipinski definition) is 0. The lowest BCUT2D eigenvalue weighted by Gasteiger charge is -2.05. The highest BCUT2D eigenvalue weighted by atomic mass is 14.0. The van der Waals surface area contributed by atoms with E-state index in [9.17, 15) is 0 Å². The van der Waals surface area contributed by atoms with Crippen LogP contribution in [0.3, 0.4) is 0 Å². The molecule has 0 spiro atoms. The highest BCUT2D eigenvalue weighted by molar-refractivity contribution is 4.51. The summed E-state index contributed by atoms with van der Waals surface area (Å²) in [6, 6.07) is 0. The highest BCUT2D eigenvalue weighted by Crippen LogP contribution is 2.15. The maximum atomic E-state index is 2.12. The van der Waals surface area contributed by atoms with E-state index in [1.54, 1.807) is 0 Å². The van der Waals surface area contributed by atoms with Crippen LogP contribution in [0.25, 0.3) is 0 Å². The summed E-state index contributed by atoms with van der Waals surface area (Å²) in [6.45, 7) is 17.0. The lowest BCUT2D eigenvalue weighted by molar-refractivity contribution is 0.504. The minimum atomic E-state index is 1.25. The van der Waals surface area contributed by atoms with Gasteiger partial charge in [0.2, 0.25) is 0 Å². The molecule has 0 N–H and O–H groups in total. The zero-order valence-electron chi connectivity index (χ0n) is 18.6. The molecule has 0 heterocycles. The molecule has 0 aromatic carbocycles. The molecule has 0 radical (unpaired) electrons. The summed E-state index contributed by atoms with van der Waals surface area (Å²) >= 11 is 0. The Morgan fingerprint density at radius 2 is 0.304 bits per heavy atom.